The molecule has 0 bridgehead atoms. The van der Waals surface area contributed by atoms with Gasteiger partial charge in [-0.3, -0.25) is 4.79 Å². The molecule has 0 aromatic carbocycles. The van der Waals surface area contributed by atoms with Crippen LogP contribution in [0.1, 0.15) is 19.8 Å². The molecule has 0 aliphatic heterocycles. The van der Waals surface area contributed by atoms with Gasteiger partial charge in [-0.25, -0.2) is 0 Å². The van der Waals surface area contributed by atoms with Crippen molar-refractivity contribution in [1.29, 1.82) is 0 Å². The van der Waals surface area contributed by atoms with Gasteiger partial charge in [0.15, 0.2) is 0 Å². The second-order valence-electron chi connectivity index (χ2n) is 1.49. The molecule has 3 heteroatoms. The third-order valence-electron chi connectivity index (χ3n) is 0.776. The fraction of sp³-hybridized carbons (Fsp3) is 0.800. The molecular weight excluding hydrogens is 147 g/mol. The van der Waals surface area contributed by atoms with Gasteiger partial charge in [0.1, 0.15) is 10.6 Å². The molecule has 1 nitrogen and oxygen atoms in total. The Balaban J connectivity index is 3.25. The van der Waals surface area contributed by atoms with Crippen molar-refractivity contribution in [2.24, 2.45) is 0 Å². The number of hydrogen-bond donors (Lipinski definition) is 0. The second kappa shape index (κ2) is 4.16. The predicted octanol–water partition coefficient (Wildman–Crippen LogP) is 2.16. The van der Waals surface area contributed by atoms with Crippen molar-refractivity contribution in [3.05, 3.63) is 0 Å². The molecule has 0 aliphatic rings. The zero-order chi connectivity index (χ0) is 6.57. The van der Waals surface area contributed by atoms with Gasteiger partial charge in [0.05, 0.1) is 0 Å². The summed E-state index contributed by atoms with van der Waals surface area (Å²) in [6, 6.07) is 0. The Morgan fingerprint density at radius 3 is 2.25 bits per heavy atom. The number of alkyl halides is 2. The van der Waals surface area contributed by atoms with Crippen LogP contribution in [0.3, 0.4) is 0 Å². The largest absolute Gasteiger partial charge is 0.300 e. The van der Waals surface area contributed by atoms with E-state index in [9.17, 15) is 4.79 Å². The molecular formula is C5H8Cl2O. The molecule has 0 fully saturated rings. The van der Waals surface area contributed by atoms with E-state index in [-0.39, 0.29) is 12.2 Å². The number of rotatable bonds is 3. The number of carbonyl (C=O) groups is 1. The van der Waals surface area contributed by atoms with E-state index in [0.717, 1.165) is 0 Å². The first-order valence-corrected chi connectivity index (χ1v) is 3.34. The summed E-state index contributed by atoms with van der Waals surface area (Å²) in [7, 11) is 0. The molecule has 48 valence electrons. The van der Waals surface area contributed by atoms with E-state index in [2.05, 4.69) is 0 Å². The van der Waals surface area contributed by atoms with E-state index < -0.39 is 4.84 Å². The highest BCUT2D eigenvalue weighted by molar-refractivity contribution is 6.45. The molecule has 0 N–H and O–H groups in total. The number of hydrogen-bond acceptors (Lipinski definition) is 1. The molecule has 0 spiro atoms. The zero-order valence-corrected chi connectivity index (χ0v) is 6.17. The van der Waals surface area contributed by atoms with Crippen LogP contribution in [0.5, 0.6) is 0 Å². The van der Waals surface area contributed by atoms with Crippen LogP contribution >= 0.6 is 23.2 Å². The van der Waals surface area contributed by atoms with Crippen LogP contribution in [0.25, 0.3) is 0 Å². The smallest absolute Gasteiger partial charge is 0.135 e. The van der Waals surface area contributed by atoms with Gasteiger partial charge in [0, 0.05) is 12.8 Å². The highest BCUT2D eigenvalue weighted by atomic mass is 35.5. The lowest BCUT2D eigenvalue weighted by atomic mass is 10.2. The van der Waals surface area contributed by atoms with Crippen LogP contribution in [0, 0.1) is 0 Å². The lowest BCUT2D eigenvalue weighted by Gasteiger charge is -1.94. The van der Waals surface area contributed by atoms with Gasteiger partial charge in [-0.15, -0.1) is 23.2 Å². The summed E-state index contributed by atoms with van der Waals surface area (Å²) < 4.78 is 0. The Hall–Kier alpha value is 0.250. The fourth-order valence-corrected chi connectivity index (χ4v) is 0.661. The maximum atomic E-state index is 10.5. The average Bonchev–Trinajstić information content (AvgIpc) is 1.65. The average molecular weight is 155 g/mol. The van der Waals surface area contributed by atoms with Gasteiger partial charge < -0.3 is 0 Å². The Morgan fingerprint density at radius 2 is 2.12 bits per heavy atom. The summed E-state index contributed by atoms with van der Waals surface area (Å²) in [6.45, 7) is 1.79. The minimum absolute atomic E-state index is 0.111. The van der Waals surface area contributed by atoms with E-state index in [1.165, 1.54) is 0 Å². The van der Waals surface area contributed by atoms with Crippen LogP contribution in [-0.2, 0) is 4.79 Å². The third-order valence-corrected chi connectivity index (χ3v) is 1.08. The molecule has 8 heavy (non-hydrogen) atoms. The third kappa shape index (κ3) is 4.41. The summed E-state index contributed by atoms with van der Waals surface area (Å²) in [4.78, 5) is 9.93. The van der Waals surface area contributed by atoms with Crippen LogP contribution in [0.4, 0.5) is 0 Å². The monoisotopic (exact) mass is 154 g/mol. The van der Waals surface area contributed by atoms with Crippen LogP contribution in [0.2, 0.25) is 0 Å². The Kier molecular flexibility index (Phi) is 4.29. The van der Waals surface area contributed by atoms with Gasteiger partial charge in [0.25, 0.3) is 0 Å². The van der Waals surface area contributed by atoms with Crippen molar-refractivity contribution in [3.63, 3.8) is 0 Å². The lowest BCUT2D eigenvalue weighted by Crippen LogP contribution is -1.99. The predicted molar refractivity (Wildman–Crippen MR) is 35.4 cm³/mol. The highest BCUT2D eigenvalue weighted by Gasteiger charge is 2.03. The minimum Gasteiger partial charge on any atom is -0.300 e. The summed E-state index contributed by atoms with van der Waals surface area (Å²) >= 11 is 10.6. The molecule has 0 radical (unpaired) electrons. The van der Waals surface area contributed by atoms with E-state index in [1.54, 1.807) is 6.92 Å². The Labute approximate surface area is 59.0 Å². The maximum Gasteiger partial charge on any atom is 0.135 e. The van der Waals surface area contributed by atoms with Crippen molar-refractivity contribution in [2.45, 2.75) is 24.6 Å². The molecule has 0 amide bonds. The summed E-state index contributed by atoms with van der Waals surface area (Å²) in [5.41, 5.74) is 0. The zero-order valence-electron chi connectivity index (χ0n) is 4.66. The van der Waals surface area contributed by atoms with Crippen molar-refractivity contribution in [1.82, 2.24) is 0 Å². The van der Waals surface area contributed by atoms with Crippen molar-refractivity contribution in [2.75, 3.05) is 0 Å². The van der Waals surface area contributed by atoms with E-state index in [1.807, 2.05) is 0 Å². The van der Waals surface area contributed by atoms with Crippen LogP contribution in [0.15, 0.2) is 0 Å². The molecule has 0 atom stereocenters. The molecule has 0 aliphatic carbocycles. The van der Waals surface area contributed by atoms with Gasteiger partial charge in [0.2, 0.25) is 0 Å². The second-order valence-corrected chi connectivity index (χ2v) is 2.76. The van der Waals surface area contributed by atoms with Gasteiger partial charge >= 0.3 is 0 Å². The number of halogens is 2. The molecule has 0 saturated carbocycles. The maximum absolute atomic E-state index is 10.5. The molecule has 0 rings (SSSR count). The van der Waals surface area contributed by atoms with E-state index in [4.69, 9.17) is 23.2 Å². The van der Waals surface area contributed by atoms with Crippen molar-refractivity contribution in [3.8, 4) is 0 Å². The van der Waals surface area contributed by atoms with Crippen molar-refractivity contribution >= 4 is 29.0 Å². The van der Waals surface area contributed by atoms with Gasteiger partial charge in [-0.05, 0) is 0 Å². The quantitative estimate of drug-likeness (QED) is 0.570. The Morgan fingerprint density at radius 1 is 1.62 bits per heavy atom. The first-order chi connectivity index (χ1) is 3.66. The minimum atomic E-state index is -0.526. The topological polar surface area (TPSA) is 17.1 Å². The molecule has 0 aromatic rings. The molecule has 0 aromatic heterocycles. The first-order valence-electron chi connectivity index (χ1n) is 2.46. The lowest BCUT2D eigenvalue weighted by molar-refractivity contribution is -0.118. The van der Waals surface area contributed by atoms with Gasteiger partial charge in [-0.2, -0.15) is 0 Å². The van der Waals surface area contributed by atoms with Gasteiger partial charge in [-0.1, -0.05) is 6.92 Å². The standard InChI is InChI=1S/C5H8Cl2O/c1-2-4(8)3-5(6)7/h5H,2-3H2,1H3. The van der Waals surface area contributed by atoms with Crippen molar-refractivity contribution < 1.29 is 4.79 Å². The highest BCUT2D eigenvalue weighted by Crippen LogP contribution is 2.07. The fourth-order valence-electron chi connectivity index (χ4n) is 0.316. The number of Topliss-reactive ketones (excluding diaryl/α,β-unsaturated/α-hetero) is 1. The normalized spacial score (nSPS) is 10.0. The molecule has 0 saturated heterocycles. The first kappa shape index (κ1) is 8.25. The summed E-state index contributed by atoms with van der Waals surface area (Å²) in [5, 5.41) is 0. The van der Waals surface area contributed by atoms with E-state index in [0.29, 0.717) is 6.42 Å². The summed E-state index contributed by atoms with van der Waals surface area (Å²) in [5.74, 6) is 0.111. The molecule has 0 unspecified atom stereocenters. The number of carbonyl (C=O) groups excluding carboxylic acids is 1. The summed E-state index contributed by atoms with van der Waals surface area (Å²) in [6.07, 6.45) is 0.801. The van der Waals surface area contributed by atoms with Crippen LogP contribution < -0.4 is 0 Å². The number of ketones is 1. The van der Waals surface area contributed by atoms with E-state index >= 15 is 0 Å². The Bertz CT molecular complexity index is 80.5. The molecule has 0 heterocycles. The van der Waals surface area contributed by atoms with Crippen LogP contribution in [-0.4, -0.2) is 10.6 Å². The SMILES string of the molecule is CCC(=O)CC(Cl)Cl.